The van der Waals surface area contributed by atoms with Gasteiger partial charge in [0.1, 0.15) is 0 Å². The fourth-order valence-corrected chi connectivity index (χ4v) is 2.02. The number of hydrogen-bond acceptors (Lipinski definition) is 2. The molecule has 92 valence electrons. The molecule has 0 radical (unpaired) electrons. The zero-order valence-electron chi connectivity index (χ0n) is 10.2. The van der Waals surface area contributed by atoms with Gasteiger partial charge < -0.3 is 16.0 Å². The van der Waals surface area contributed by atoms with Gasteiger partial charge in [0, 0.05) is 24.5 Å². The predicted octanol–water partition coefficient (Wildman–Crippen LogP) is 2.60. The van der Waals surface area contributed by atoms with E-state index in [-0.39, 0.29) is 6.03 Å². The van der Waals surface area contributed by atoms with E-state index in [1.807, 2.05) is 24.0 Å². The summed E-state index contributed by atoms with van der Waals surface area (Å²) in [7, 11) is 0. The van der Waals surface area contributed by atoms with E-state index in [0.717, 1.165) is 37.2 Å². The molecular formula is C13H19N3O. The van der Waals surface area contributed by atoms with E-state index in [0.29, 0.717) is 5.69 Å². The lowest BCUT2D eigenvalue weighted by molar-refractivity contribution is 0.200. The lowest BCUT2D eigenvalue weighted by atomic mass is 10.1. The van der Waals surface area contributed by atoms with Crippen LogP contribution >= 0.6 is 0 Å². The van der Waals surface area contributed by atoms with Crippen molar-refractivity contribution in [3.05, 3.63) is 23.8 Å². The van der Waals surface area contributed by atoms with E-state index >= 15 is 0 Å². The molecular weight excluding hydrogens is 214 g/mol. The number of carbonyl (C=O) groups is 1. The van der Waals surface area contributed by atoms with Crippen LogP contribution in [-0.2, 0) is 0 Å². The number of piperidine rings is 1. The second kappa shape index (κ2) is 5.08. The molecule has 0 aliphatic carbocycles. The van der Waals surface area contributed by atoms with Crippen LogP contribution in [0.4, 0.5) is 16.2 Å². The smallest absolute Gasteiger partial charge is 0.321 e. The predicted molar refractivity (Wildman–Crippen MR) is 70.0 cm³/mol. The van der Waals surface area contributed by atoms with Crippen molar-refractivity contribution in [1.82, 2.24) is 4.90 Å². The van der Waals surface area contributed by atoms with E-state index in [1.165, 1.54) is 6.42 Å². The van der Waals surface area contributed by atoms with Crippen LogP contribution in [0.25, 0.3) is 0 Å². The van der Waals surface area contributed by atoms with E-state index in [1.54, 1.807) is 6.07 Å². The SMILES string of the molecule is Cc1ccc(NC(=O)N2CCCCC2)cc1N. The van der Waals surface area contributed by atoms with E-state index in [2.05, 4.69) is 5.32 Å². The molecule has 2 rings (SSSR count). The van der Waals surface area contributed by atoms with Crippen LogP contribution in [0.15, 0.2) is 18.2 Å². The lowest BCUT2D eigenvalue weighted by Crippen LogP contribution is -2.38. The fraction of sp³-hybridized carbons (Fsp3) is 0.462. The van der Waals surface area contributed by atoms with Crippen molar-refractivity contribution < 1.29 is 4.79 Å². The molecule has 0 atom stereocenters. The number of nitrogen functional groups attached to an aromatic ring is 1. The average molecular weight is 233 g/mol. The molecule has 17 heavy (non-hydrogen) atoms. The van der Waals surface area contributed by atoms with Crippen molar-refractivity contribution in [3.63, 3.8) is 0 Å². The number of urea groups is 1. The molecule has 1 saturated heterocycles. The molecule has 2 amide bonds. The number of aryl methyl sites for hydroxylation is 1. The van der Waals surface area contributed by atoms with Gasteiger partial charge in [0.25, 0.3) is 0 Å². The molecule has 1 aromatic carbocycles. The molecule has 0 saturated carbocycles. The van der Waals surface area contributed by atoms with Crippen LogP contribution in [-0.4, -0.2) is 24.0 Å². The van der Waals surface area contributed by atoms with Crippen molar-refractivity contribution >= 4 is 17.4 Å². The first kappa shape index (κ1) is 11.8. The molecule has 0 spiro atoms. The minimum Gasteiger partial charge on any atom is -0.398 e. The van der Waals surface area contributed by atoms with Crippen molar-refractivity contribution in [2.75, 3.05) is 24.1 Å². The summed E-state index contributed by atoms with van der Waals surface area (Å²) < 4.78 is 0. The minimum atomic E-state index is -0.0204. The first-order valence-corrected chi connectivity index (χ1v) is 6.09. The maximum atomic E-state index is 11.9. The third kappa shape index (κ3) is 2.90. The minimum absolute atomic E-state index is 0.0204. The van der Waals surface area contributed by atoms with Gasteiger partial charge in [0.15, 0.2) is 0 Å². The number of nitrogens with zero attached hydrogens (tertiary/aromatic N) is 1. The third-order valence-electron chi connectivity index (χ3n) is 3.17. The number of hydrogen-bond donors (Lipinski definition) is 2. The van der Waals surface area contributed by atoms with Gasteiger partial charge in [-0.25, -0.2) is 4.79 Å². The Kier molecular flexibility index (Phi) is 3.52. The van der Waals surface area contributed by atoms with Crippen molar-refractivity contribution in [2.24, 2.45) is 0 Å². The van der Waals surface area contributed by atoms with Crippen LogP contribution in [0, 0.1) is 6.92 Å². The number of nitrogens with one attached hydrogen (secondary N) is 1. The highest BCUT2D eigenvalue weighted by Crippen LogP contribution is 2.18. The van der Waals surface area contributed by atoms with Crippen molar-refractivity contribution in [2.45, 2.75) is 26.2 Å². The number of nitrogens with two attached hydrogens (primary N) is 1. The molecule has 1 aliphatic rings. The van der Waals surface area contributed by atoms with E-state index in [4.69, 9.17) is 5.73 Å². The van der Waals surface area contributed by atoms with Gasteiger partial charge in [0.2, 0.25) is 0 Å². The van der Waals surface area contributed by atoms with Gasteiger partial charge in [-0.3, -0.25) is 0 Å². The fourth-order valence-electron chi connectivity index (χ4n) is 2.02. The Morgan fingerprint density at radius 3 is 2.65 bits per heavy atom. The summed E-state index contributed by atoms with van der Waals surface area (Å²) in [6.45, 7) is 3.66. The van der Waals surface area contributed by atoms with E-state index in [9.17, 15) is 4.79 Å². The Morgan fingerprint density at radius 2 is 2.00 bits per heavy atom. The maximum Gasteiger partial charge on any atom is 0.321 e. The Balaban J connectivity index is 1.99. The number of rotatable bonds is 1. The summed E-state index contributed by atoms with van der Waals surface area (Å²) in [5.74, 6) is 0. The molecule has 1 heterocycles. The summed E-state index contributed by atoms with van der Waals surface area (Å²) in [6.07, 6.45) is 3.42. The van der Waals surface area contributed by atoms with E-state index < -0.39 is 0 Å². The van der Waals surface area contributed by atoms with Crippen LogP contribution in [0.1, 0.15) is 24.8 Å². The summed E-state index contributed by atoms with van der Waals surface area (Å²) in [6, 6.07) is 5.58. The first-order chi connectivity index (χ1) is 8.16. The molecule has 3 N–H and O–H groups in total. The van der Waals surface area contributed by atoms with Gasteiger partial charge in [0.05, 0.1) is 0 Å². The lowest BCUT2D eigenvalue weighted by Gasteiger charge is -2.26. The summed E-state index contributed by atoms with van der Waals surface area (Å²) in [5, 5.41) is 2.89. The van der Waals surface area contributed by atoms with Gasteiger partial charge in [-0.2, -0.15) is 0 Å². The Bertz CT molecular complexity index is 411. The topological polar surface area (TPSA) is 58.4 Å². The number of anilines is 2. The van der Waals surface area contributed by atoms with Crippen LogP contribution in [0.3, 0.4) is 0 Å². The number of benzene rings is 1. The molecule has 0 unspecified atom stereocenters. The second-order valence-electron chi connectivity index (χ2n) is 4.55. The highest BCUT2D eigenvalue weighted by Gasteiger charge is 2.16. The highest BCUT2D eigenvalue weighted by atomic mass is 16.2. The zero-order chi connectivity index (χ0) is 12.3. The van der Waals surface area contributed by atoms with Crippen molar-refractivity contribution in [1.29, 1.82) is 0 Å². The standard InChI is InChI=1S/C13H19N3O/c1-10-5-6-11(9-12(10)14)15-13(17)16-7-3-2-4-8-16/h5-6,9H,2-4,7-8,14H2,1H3,(H,15,17). The Labute approximate surface area is 102 Å². The van der Waals surface area contributed by atoms with Gasteiger partial charge in [-0.1, -0.05) is 6.07 Å². The third-order valence-corrected chi connectivity index (χ3v) is 3.17. The van der Waals surface area contributed by atoms with Gasteiger partial charge >= 0.3 is 6.03 Å². The molecule has 1 fully saturated rings. The average Bonchev–Trinajstić information content (AvgIpc) is 2.35. The molecule has 0 aromatic heterocycles. The van der Waals surface area contributed by atoms with Gasteiger partial charge in [-0.15, -0.1) is 0 Å². The quantitative estimate of drug-likeness (QED) is 0.732. The first-order valence-electron chi connectivity index (χ1n) is 6.09. The molecule has 1 aliphatic heterocycles. The largest absolute Gasteiger partial charge is 0.398 e. The Hall–Kier alpha value is -1.71. The number of likely N-dealkylation sites (tertiary alicyclic amines) is 1. The number of carbonyl (C=O) groups excluding carboxylic acids is 1. The van der Waals surface area contributed by atoms with Crippen LogP contribution in [0.5, 0.6) is 0 Å². The van der Waals surface area contributed by atoms with Gasteiger partial charge in [-0.05, 0) is 43.9 Å². The zero-order valence-corrected chi connectivity index (χ0v) is 10.2. The normalized spacial score (nSPS) is 15.7. The second-order valence-corrected chi connectivity index (χ2v) is 4.55. The number of amides is 2. The van der Waals surface area contributed by atoms with Crippen LogP contribution < -0.4 is 11.1 Å². The Morgan fingerprint density at radius 1 is 1.29 bits per heavy atom. The summed E-state index contributed by atoms with van der Waals surface area (Å²) >= 11 is 0. The molecule has 4 nitrogen and oxygen atoms in total. The molecule has 4 heteroatoms. The van der Waals surface area contributed by atoms with Crippen LogP contribution in [0.2, 0.25) is 0 Å². The maximum absolute atomic E-state index is 11.9. The summed E-state index contributed by atoms with van der Waals surface area (Å²) in [4.78, 5) is 13.8. The summed E-state index contributed by atoms with van der Waals surface area (Å²) in [5.41, 5.74) is 8.32. The molecule has 1 aromatic rings. The molecule has 0 bridgehead atoms. The monoisotopic (exact) mass is 233 g/mol. The van der Waals surface area contributed by atoms with Crippen molar-refractivity contribution in [3.8, 4) is 0 Å². The highest BCUT2D eigenvalue weighted by molar-refractivity contribution is 5.90.